The molecule has 24 heavy (non-hydrogen) atoms. The van der Waals surface area contributed by atoms with Gasteiger partial charge in [-0.15, -0.1) is 0 Å². The highest BCUT2D eigenvalue weighted by atomic mass is 32.1. The molecular formula is C19H27N3OS. The molecule has 2 unspecified atom stereocenters. The van der Waals surface area contributed by atoms with E-state index in [-0.39, 0.29) is 5.91 Å². The van der Waals surface area contributed by atoms with Gasteiger partial charge in [0.05, 0.1) is 0 Å². The zero-order valence-corrected chi connectivity index (χ0v) is 15.0. The van der Waals surface area contributed by atoms with Gasteiger partial charge in [-0.25, -0.2) is 0 Å². The van der Waals surface area contributed by atoms with Gasteiger partial charge in [0.1, 0.15) is 0 Å². The first kappa shape index (κ1) is 17.2. The Bertz CT molecular complexity index is 561. The van der Waals surface area contributed by atoms with Gasteiger partial charge in [-0.3, -0.25) is 4.79 Å². The molecule has 4 nitrogen and oxygen atoms in total. The molecule has 1 heterocycles. The van der Waals surface area contributed by atoms with E-state index in [9.17, 15) is 4.79 Å². The van der Waals surface area contributed by atoms with Crippen molar-refractivity contribution >= 4 is 28.9 Å². The molecule has 0 bridgehead atoms. The van der Waals surface area contributed by atoms with Crippen LogP contribution >= 0.6 is 12.2 Å². The Morgan fingerprint density at radius 3 is 2.71 bits per heavy atom. The summed E-state index contributed by atoms with van der Waals surface area (Å²) < 4.78 is 0. The first-order valence-corrected chi connectivity index (χ1v) is 9.54. The second-order valence-corrected chi connectivity index (χ2v) is 7.25. The Hall–Kier alpha value is -1.62. The number of carbonyl (C=O) groups excluding carboxylic acids is 1. The number of fused-ring (bicyclic) bond motifs is 1. The number of hydrogen-bond donors (Lipinski definition) is 2. The zero-order chi connectivity index (χ0) is 16.8. The number of carbonyl (C=O) groups is 1. The van der Waals surface area contributed by atoms with Gasteiger partial charge >= 0.3 is 0 Å². The van der Waals surface area contributed by atoms with Crippen LogP contribution in [-0.2, 0) is 4.79 Å². The molecule has 0 aromatic heterocycles. The molecule has 1 saturated heterocycles. The van der Waals surface area contributed by atoms with Crippen molar-refractivity contribution in [3.05, 3.63) is 30.3 Å². The minimum Gasteiger partial charge on any atom is -0.362 e. The summed E-state index contributed by atoms with van der Waals surface area (Å²) in [6.07, 6.45) is 8.08. The van der Waals surface area contributed by atoms with E-state index in [1.54, 1.807) is 0 Å². The van der Waals surface area contributed by atoms with Crippen LogP contribution in [0.4, 0.5) is 5.69 Å². The van der Waals surface area contributed by atoms with Gasteiger partial charge in [-0.1, -0.05) is 31.0 Å². The number of thiocarbonyl (C=S) groups is 1. The molecule has 2 aliphatic rings. The van der Waals surface area contributed by atoms with E-state index in [4.69, 9.17) is 12.2 Å². The lowest BCUT2D eigenvalue weighted by atomic mass is 9.78. The van der Waals surface area contributed by atoms with E-state index in [0.717, 1.165) is 24.6 Å². The molecule has 1 aliphatic carbocycles. The average molecular weight is 346 g/mol. The van der Waals surface area contributed by atoms with Crippen LogP contribution in [0.1, 0.15) is 44.9 Å². The van der Waals surface area contributed by atoms with Crippen LogP contribution in [-0.4, -0.2) is 35.1 Å². The van der Waals surface area contributed by atoms with Crippen molar-refractivity contribution in [2.45, 2.75) is 51.0 Å². The third-order valence-corrected chi connectivity index (χ3v) is 5.47. The predicted molar refractivity (Wildman–Crippen MR) is 102 cm³/mol. The van der Waals surface area contributed by atoms with E-state index in [2.05, 4.69) is 15.5 Å². The minimum atomic E-state index is 0.279. The lowest BCUT2D eigenvalue weighted by molar-refractivity contribution is -0.137. The van der Waals surface area contributed by atoms with Crippen LogP contribution in [0.25, 0.3) is 0 Å². The molecule has 1 aliphatic heterocycles. The second-order valence-electron chi connectivity index (χ2n) is 6.84. The molecule has 1 aromatic carbocycles. The maximum Gasteiger partial charge on any atom is 0.224 e. The molecule has 3 rings (SSSR count). The standard InChI is InChI=1S/C19H27N3OS/c23-18(22-14-6-8-15-7-4-5-11-17(15)22)12-13-20-19(24)21-16-9-2-1-3-10-16/h1-3,9-10,15,17H,4-8,11-14H2,(H2,20,21,24). The van der Waals surface area contributed by atoms with E-state index in [1.165, 1.54) is 32.1 Å². The second kappa shape index (κ2) is 8.47. The Balaban J connectivity index is 1.42. The van der Waals surface area contributed by atoms with Crippen molar-refractivity contribution in [3.63, 3.8) is 0 Å². The first-order chi connectivity index (χ1) is 11.7. The number of nitrogens with zero attached hydrogens (tertiary/aromatic N) is 1. The summed E-state index contributed by atoms with van der Waals surface area (Å²) in [4.78, 5) is 14.8. The summed E-state index contributed by atoms with van der Waals surface area (Å²) >= 11 is 5.29. The highest BCUT2D eigenvalue weighted by molar-refractivity contribution is 7.80. The Labute approximate surface area is 150 Å². The lowest BCUT2D eigenvalue weighted by Crippen LogP contribution is -2.50. The number of para-hydroxylation sites is 1. The topological polar surface area (TPSA) is 44.4 Å². The lowest BCUT2D eigenvalue weighted by Gasteiger charge is -2.44. The number of amides is 1. The SMILES string of the molecule is O=C(CCNC(=S)Nc1ccccc1)N1CCCC2CCCCC21. The molecule has 1 saturated carbocycles. The molecular weight excluding hydrogens is 318 g/mol. The molecule has 1 amide bonds. The van der Waals surface area contributed by atoms with Crippen molar-refractivity contribution < 1.29 is 4.79 Å². The van der Waals surface area contributed by atoms with Gasteiger partial charge in [-0.05, 0) is 56.0 Å². The summed E-state index contributed by atoms with van der Waals surface area (Å²) in [5, 5.41) is 6.85. The highest BCUT2D eigenvalue weighted by Gasteiger charge is 2.35. The quantitative estimate of drug-likeness (QED) is 0.819. The smallest absolute Gasteiger partial charge is 0.224 e. The van der Waals surface area contributed by atoms with Gasteiger partial charge in [0.15, 0.2) is 5.11 Å². The number of rotatable bonds is 4. The normalized spacial score (nSPS) is 23.2. The third-order valence-electron chi connectivity index (χ3n) is 5.22. The largest absolute Gasteiger partial charge is 0.362 e. The summed E-state index contributed by atoms with van der Waals surface area (Å²) in [7, 11) is 0. The van der Waals surface area contributed by atoms with Crippen molar-refractivity contribution in [1.29, 1.82) is 0 Å². The summed E-state index contributed by atoms with van der Waals surface area (Å²) in [5.74, 6) is 1.02. The van der Waals surface area contributed by atoms with Gasteiger partial charge in [-0.2, -0.15) is 0 Å². The van der Waals surface area contributed by atoms with Gasteiger partial charge in [0.25, 0.3) is 0 Å². The number of nitrogens with one attached hydrogen (secondary N) is 2. The molecule has 130 valence electrons. The molecule has 2 N–H and O–H groups in total. The number of hydrogen-bond acceptors (Lipinski definition) is 2. The van der Waals surface area contributed by atoms with Crippen LogP contribution < -0.4 is 10.6 Å². The van der Waals surface area contributed by atoms with Crippen LogP contribution in [0.5, 0.6) is 0 Å². The number of benzene rings is 1. The minimum absolute atomic E-state index is 0.279. The molecule has 2 atom stereocenters. The van der Waals surface area contributed by atoms with E-state index >= 15 is 0 Å². The zero-order valence-electron chi connectivity index (χ0n) is 14.2. The fourth-order valence-electron chi connectivity index (χ4n) is 4.06. The molecule has 5 heteroatoms. The van der Waals surface area contributed by atoms with Crippen LogP contribution in [0, 0.1) is 5.92 Å². The molecule has 1 aromatic rings. The van der Waals surface area contributed by atoms with Crippen LogP contribution in [0.15, 0.2) is 30.3 Å². The van der Waals surface area contributed by atoms with Crippen molar-refractivity contribution in [3.8, 4) is 0 Å². The average Bonchev–Trinajstić information content (AvgIpc) is 2.62. The summed E-state index contributed by atoms with van der Waals surface area (Å²) in [5.41, 5.74) is 0.961. The van der Waals surface area contributed by atoms with Gasteiger partial charge in [0, 0.05) is 31.2 Å². The van der Waals surface area contributed by atoms with Crippen LogP contribution in [0.2, 0.25) is 0 Å². The Morgan fingerprint density at radius 2 is 1.88 bits per heavy atom. The van der Waals surface area contributed by atoms with Crippen LogP contribution in [0.3, 0.4) is 0 Å². The van der Waals surface area contributed by atoms with E-state index in [1.807, 2.05) is 30.3 Å². The third kappa shape index (κ3) is 4.47. The van der Waals surface area contributed by atoms with Crippen molar-refractivity contribution in [2.75, 3.05) is 18.4 Å². The number of likely N-dealkylation sites (tertiary alicyclic amines) is 1. The first-order valence-electron chi connectivity index (χ1n) is 9.13. The number of piperidine rings is 1. The number of anilines is 1. The van der Waals surface area contributed by atoms with E-state index < -0.39 is 0 Å². The van der Waals surface area contributed by atoms with Crippen molar-refractivity contribution in [1.82, 2.24) is 10.2 Å². The Kier molecular flexibility index (Phi) is 6.07. The summed E-state index contributed by atoms with van der Waals surface area (Å²) in [6, 6.07) is 10.3. The Morgan fingerprint density at radius 1 is 1.12 bits per heavy atom. The molecule has 0 radical (unpaired) electrons. The monoisotopic (exact) mass is 345 g/mol. The fourth-order valence-corrected chi connectivity index (χ4v) is 4.28. The molecule has 0 spiro atoms. The van der Waals surface area contributed by atoms with Crippen molar-refractivity contribution in [2.24, 2.45) is 5.92 Å². The summed E-state index contributed by atoms with van der Waals surface area (Å²) in [6.45, 7) is 1.53. The highest BCUT2D eigenvalue weighted by Crippen LogP contribution is 2.35. The van der Waals surface area contributed by atoms with Gasteiger partial charge < -0.3 is 15.5 Å². The maximum atomic E-state index is 12.6. The molecule has 2 fully saturated rings. The van der Waals surface area contributed by atoms with E-state index in [0.29, 0.717) is 24.1 Å². The fraction of sp³-hybridized carbons (Fsp3) is 0.579. The predicted octanol–water partition coefficient (Wildman–Crippen LogP) is 3.54. The van der Waals surface area contributed by atoms with Gasteiger partial charge in [0.2, 0.25) is 5.91 Å². The maximum absolute atomic E-state index is 12.6.